The van der Waals surface area contributed by atoms with E-state index in [0.29, 0.717) is 31.6 Å². The Labute approximate surface area is 135 Å². The molecule has 1 atom stereocenters. The molecular formula is C17H23NO5. The summed E-state index contributed by atoms with van der Waals surface area (Å²) in [7, 11) is 0. The van der Waals surface area contributed by atoms with E-state index < -0.39 is 4.92 Å². The molecule has 1 heterocycles. The number of nitro benzene ring substituents is 1. The second kappa shape index (κ2) is 7.19. The maximum Gasteiger partial charge on any atom is 0.269 e. The molecule has 0 radical (unpaired) electrons. The summed E-state index contributed by atoms with van der Waals surface area (Å²) in [4.78, 5) is 22.3. The summed E-state index contributed by atoms with van der Waals surface area (Å²) < 4.78 is 11.5. The van der Waals surface area contributed by atoms with Gasteiger partial charge in [-0.3, -0.25) is 14.9 Å². The number of hydrogen-bond donors (Lipinski definition) is 0. The molecule has 6 nitrogen and oxygen atoms in total. The van der Waals surface area contributed by atoms with E-state index in [1.807, 2.05) is 6.92 Å². The zero-order valence-electron chi connectivity index (χ0n) is 13.8. The molecule has 6 heteroatoms. The lowest BCUT2D eigenvalue weighted by Crippen LogP contribution is -2.40. The second-order valence-corrected chi connectivity index (χ2v) is 6.90. The van der Waals surface area contributed by atoms with Gasteiger partial charge in [-0.1, -0.05) is 20.8 Å². The topological polar surface area (TPSA) is 78.7 Å². The van der Waals surface area contributed by atoms with Gasteiger partial charge in [0, 0.05) is 35.4 Å². The molecule has 0 amide bonds. The van der Waals surface area contributed by atoms with Crippen molar-refractivity contribution in [3.63, 3.8) is 0 Å². The molecule has 1 aliphatic heterocycles. The highest BCUT2D eigenvalue weighted by atomic mass is 16.7. The summed E-state index contributed by atoms with van der Waals surface area (Å²) in [6, 6.07) is 5.71. The van der Waals surface area contributed by atoms with E-state index >= 15 is 0 Å². The van der Waals surface area contributed by atoms with E-state index in [4.69, 9.17) is 9.47 Å². The van der Waals surface area contributed by atoms with Gasteiger partial charge < -0.3 is 9.47 Å². The molecule has 0 aliphatic carbocycles. The van der Waals surface area contributed by atoms with Crippen LogP contribution in [0, 0.1) is 21.4 Å². The fourth-order valence-corrected chi connectivity index (χ4v) is 2.44. The molecule has 126 valence electrons. The Morgan fingerprint density at radius 1 is 1.30 bits per heavy atom. The summed E-state index contributed by atoms with van der Waals surface area (Å²) in [6.07, 6.45) is 0.750. The first-order valence-electron chi connectivity index (χ1n) is 7.79. The molecule has 2 rings (SSSR count). The summed E-state index contributed by atoms with van der Waals surface area (Å²) in [5, 5.41) is 10.6. The monoisotopic (exact) mass is 321 g/mol. The minimum Gasteiger partial charge on any atom is -0.352 e. The predicted molar refractivity (Wildman–Crippen MR) is 85.3 cm³/mol. The third kappa shape index (κ3) is 4.84. The normalized spacial score (nSPS) is 19.3. The van der Waals surface area contributed by atoms with Gasteiger partial charge in [0.05, 0.1) is 18.1 Å². The van der Waals surface area contributed by atoms with Crippen molar-refractivity contribution in [1.82, 2.24) is 0 Å². The number of ketones is 1. The Morgan fingerprint density at radius 2 is 1.87 bits per heavy atom. The van der Waals surface area contributed by atoms with Crippen LogP contribution in [0.3, 0.4) is 0 Å². The summed E-state index contributed by atoms with van der Waals surface area (Å²) in [5.74, 6) is 0.0935. The number of carbonyl (C=O) groups is 1. The first kappa shape index (κ1) is 17.6. The zero-order valence-corrected chi connectivity index (χ0v) is 13.8. The van der Waals surface area contributed by atoms with Gasteiger partial charge in [-0.25, -0.2) is 0 Å². The highest BCUT2D eigenvalue weighted by molar-refractivity contribution is 5.96. The molecule has 0 aromatic heterocycles. The van der Waals surface area contributed by atoms with Crippen LogP contribution in [0.15, 0.2) is 24.3 Å². The van der Waals surface area contributed by atoms with Gasteiger partial charge >= 0.3 is 0 Å². The van der Waals surface area contributed by atoms with Crippen LogP contribution in [0.5, 0.6) is 0 Å². The SMILES string of the molecule is C[C@H](CCC(=O)c1ccc([N+](=O)[O-])cc1)C1OCC(C)(C)CO1. The number of Topliss-reactive ketones (excluding diaryl/α,β-unsaturated/α-hetero) is 1. The van der Waals surface area contributed by atoms with E-state index in [1.165, 1.54) is 24.3 Å². The third-order valence-electron chi connectivity index (χ3n) is 3.97. The van der Waals surface area contributed by atoms with Gasteiger partial charge in [0.15, 0.2) is 12.1 Å². The number of ether oxygens (including phenoxy) is 2. The Balaban J connectivity index is 1.83. The van der Waals surface area contributed by atoms with E-state index in [0.717, 1.165) is 0 Å². The van der Waals surface area contributed by atoms with Gasteiger partial charge in [-0.05, 0) is 18.6 Å². The van der Waals surface area contributed by atoms with Crippen molar-refractivity contribution in [2.75, 3.05) is 13.2 Å². The minimum absolute atomic E-state index is 0.0125. The van der Waals surface area contributed by atoms with E-state index in [9.17, 15) is 14.9 Å². The standard InChI is InChI=1S/C17H23NO5/c1-12(16-22-10-17(2,3)11-23-16)4-9-15(19)13-5-7-14(8-6-13)18(20)21/h5-8,12,16H,4,9-11H2,1-3H3/t12-/m1/s1. The van der Waals surface area contributed by atoms with Crippen molar-refractivity contribution in [2.24, 2.45) is 11.3 Å². The average molecular weight is 321 g/mol. The highest BCUT2D eigenvalue weighted by Crippen LogP contribution is 2.28. The molecule has 1 aromatic carbocycles. The zero-order chi connectivity index (χ0) is 17.0. The Bertz CT molecular complexity index is 557. The lowest BCUT2D eigenvalue weighted by molar-refractivity contribution is -0.384. The average Bonchev–Trinajstić information content (AvgIpc) is 2.52. The molecular weight excluding hydrogens is 298 g/mol. The molecule has 0 unspecified atom stereocenters. The van der Waals surface area contributed by atoms with Crippen LogP contribution >= 0.6 is 0 Å². The molecule has 1 fully saturated rings. The number of carbonyl (C=O) groups excluding carboxylic acids is 1. The number of hydrogen-bond acceptors (Lipinski definition) is 5. The smallest absolute Gasteiger partial charge is 0.269 e. The molecule has 1 saturated heterocycles. The van der Waals surface area contributed by atoms with Crippen LogP contribution < -0.4 is 0 Å². The summed E-state index contributed by atoms with van der Waals surface area (Å²) in [5.41, 5.74) is 0.515. The van der Waals surface area contributed by atoms with Crippen molar-refractivity contribution in [2.45, 2.75) is 39.9 Å². The first-order valence-corrected chi connectivity index (χ1v) is 7.79. The van der Waals surface area contributed by atoms with Gasteiger partial charge in [-0.2, -0.15) is 0 Å². The second-order valence-electron chi connectivity index (χ2n) is 6.90. The summed E-state index contributed by atoms with van der Waals surface area (Å²) >= 11 is 0. The number of benzene rings is 1. The number of rotatable bonds is 6. The molecule has 23 heavy (non-hydrogen) atoms. The quantitative estimate of drug-likeness (QED) is 0.454. The van der Waals surface area contributed by atoms with Crippen LogP contribution in [-0.2, 0) is 9.47 Å². The van der Waals surface area contributed by atoms with E-state index in [-0.39, 0.29) is 29.1 Å². The first-order chi connectivity index (χ1) is 10.8. The van der Waals surface area contributed by atoms with Gasteiger partial charge in [-0.15, -0.1) is 0 Å². The maximum atomic E-state index is 12.2. The molecule has 0 N–H and O–H groups in total. The molecule has 1 aromatic rings. The summed E-state index contributed by atoms with van der Waals surface area (Å²) in [6.45, 7) is 7.49. The van der Waals surface area contributed by atoms with Crippen LogP contribution in [0.1, 0.15) is 44.0 Å². The van der Waals surface area contributed by atoms with Gasteiger partial charge in [0.1, 0.15) is 0 Å². The van der Waals surface area contributed by atoms with E-state index in [2.05, 4.69) is 13.8 Å². The van der Waals surface area contributed by atoms with Crippen molar-refractivity contribution < 1.29 is 19.2 Å². The highest BCUT2D eigenvalue weighted by Gasteiger charge is 2.31. The third-order valence-corrected chi connectivity index (χ3v) is 3.97. The fourth-order valence-electron chi connectivity index (χ4n) is 2.44. The van der Waals surface area contributed by atoms with Gasteiger partial charge in [0.2, 0.25) is 0 Å². The number of non-ortho nitro benzene ring substituents is 1. The van der Waals surface area contributed by atoms with Crippen molar-refractivity contribution in [3.05, 3.63) is 39.9 Å². The van der Waals surface area contributed by atoms with Crippen LogP contribution in [0.25, 0.3) is 0 Å². The Hall–Kier alpha value is -1.79. The maximum absolute atomic E-state index is 12.2. The van der Waals surface area contributed by atoms with E-state index in [1.54, 1.807) is 0 Å². The van der Waals surface area contributed by atoms with Crippen LogP contribution in [0.2, 0.25) is 0 Å². The van der Waals surface area contributed by atoms with Crippen LogP contribution in [-0.4, -0.2) is 30.2 Å². The van der Waals surface area contributed by atoms with Crippen LogP contribution in [0.4, 0.5) is 5.69 Å². The predicted octanol–water partition coefficient (Wildman–Crippen LogP) is 3.59. The Morgan fingerprint density at radius 3 is 2.39 bits per heavy atom. The lowest BCUT2D eigenvalue weighted by atomic mass is 9.94. The van der Waals surface area contributed by atoms with Gasteiger partial charge in [0.25, 0.3) is 5.69 Å². The largest absolute Gasteiger partial charge is 0.352 e. The fraction of sp³-hybridized carbons (Fsp3) is 0.588. The van der Waals surface area contributed by atoms with Crippen molar-refractivity contribution >= 4 is 11.5 Å². The lowest BCUT2D eigenvalue weighted by Gasteiger charge is -2.37. The number of nitrogens with zero attached hydrogens (tertiary/aromatic N) is 1. The van der Waals surface area contributed by atoms with Crippen molar-refractivity contribution in [3.8, 4) is 0 Å². The number of nitro groups is 1. The molecule has 0 saturated carbocycles. The Kier molecular flexibility index (Phi) is 5.49. The van der Waals surface area contributed by atoms with Crippen molar-refractivity contribution in [1.29, 1.82) is 0 Å². The molecule has 0 bridgehead atoms. The molecule has 1 aliphatic rings. The molecule has 0 spiro atoms. The minimum atomic E-state index is -0.477.